The Morgan fingerprint density at radius 1 is 1.10 bits per heavy atom. The van der Waals surface area contributed by atoms with Gasteiger partial charge in [0, 0.05) is 43.8 Å². The van der Waals surface area contributed by atoms with Crippen molar-refractivity contribution in [2.24, 2.45) is 0 Å². The Balaban J connectivity index is 1.36. The van der Waals surface area contributed by atoms with Gasteiger partial charge in [-0.3, -0.25) is 9.36 Å². The monoisotopic (exact) mass is 435 g/mol. The smallest absolute Gasteiger partial charge is 0.230 e. The molecule has 7 heteroatoms. The number of imidazole rings is 1. The highest BCUT2D eigenvalue weighted by Gasteiger charge is 2.16. The minimum absolute atomic E-state index is 0.00559. The van der Waals surface area contributed by atoms with Gasteiger partial charge in [-0.25, -0.2) is 9.97 Å². The van der Waals surface area contributed by atoms with E-state index in [2.05, 4.69) is 62.9 Å². The van der Waals surface area contributed by atoms with Crippen LogP contribution in [-0.4, -0.2) is 39.3 Å². The second-order valence-corrected chi connectivity index (χ2v) is 8.91. The minimum atomic E-state index is -0.00559. The number of pyridine rings is 1. The zero-order valence-corrected chi connectivity index (χ0v) is 19.0. The van der Waals surface area contributed by atoms with Gasteiger partial charge in [-0.05, 0) is 56.4 Å². The third-order valence-corrected chi connectivity index (χ3v) is 6.53. The number of aryl methyl sites for hydroxylation is 2. The molecule has 1 N–H and O–H groups in total. The Kier molecular flexibility index (Phi) is 6.92. The van der Waals surface area contributed by atoms with Gasteiger partial charge < -0.3 is 10.2 Å². The second kappa shape index (κ2) is 10.0. The molecule has 31 heavy (non-hydrogen) atoms. The molecule has 1 fully saturated rings. The van der Waals surface area contributed by atoms with Crippen LogP contribution in [0.3, 0.4) is 0 Å². The molecule has 1 amide bonds. The lowest BCUT2D eigenvalue weighted by Crippen LogP contribution is -2.32. The molecular weight excluding hydrogens is 406 g/mol. The summed E-state index contributed by atoms with van der Waals surface area (Å²) in [5, 5.41) is 3.88. The highest BCUT2D eigenvalue weighted by atomic mass is 32.2. The second-order valence-electron chi connectivity index (χ2n) is 7.97. The number of benzene rings is 1. The molecule has 2 aromatic heterocycles. The molecule has 4 rings (SSSR count). The van der Waals surface area contributed by atoms with E-state index in [9.17, 15) is 4.79 Å². The third-order valence-electron chi connectivity index (χ3n) is 5.56. The fraction of sp³-hybridized carbons (Fsp3) is 0.375. The number of nitrogens with zero attached hydrogens (tertiary/aromatic N) is 4. The number of carbonyl (C=O) groups excluding carboxylic acids is 1. The summed E-state index contributed by atoms with van der Waals surface area (Å²) >= 11 is 1.45. The Bertz CT molecular complexity index is 1040. The number of hydrogen-bond donors (Lipinski definition) is 1. The maximum absolute atomic E-state index is 12.6. The van der Waals surface area contributed by atoms with Gasteiger partial charge in [-0.15, -0.1) is 0 Å². The number of hydrogen-bond acceptors (Lipinski definition) is 5. The Morgan fingerprint density at radius 2 is 1.94 bits per heavy atom. The maximum Gasteiger partial charge on any atom is 0.230 e. The fourth-order valence-electron chi connectivity index (χ4n) is 3.89. The van der Waals surface area contributed by atoms with Gasteiger partial charge in [-0.1, -0.05) is 30.0 Å². The molecule has 3 aromatic rings. The summed E-state index contributed by atoms with van der Waals surface area (Å²) in [5.41, 5.74) is 4.54. The van der Waals surface area contributed by atoms with Gasteiger partial charge in [0.05, 0.1) is 11.4 Å². The van der Waals surface area contributed by atoms with Crippen LogP contribution in [0.25, 0.3) is 5.69 Å². The van der Waals surface area contributed by atoms with Crippen LogP contribution in [0.4, 0.5) is 5.82 Å². The predicted octanol–water partition coefficient (Wildman–Crippen LogP) is 4.28. The van der Waals surface area contributed by atoms with E-state index in [1.807, 2.05) is 18.5 Å². The van der Waals surface area contributed by atoms with E-state index >= 15 is 0 Å². The van der Waals surface area contributed by atoms with Crippen LogP contribution in [0, 0.1) is 13.8 Å². The molecule has 6 nitrogen and oxygen atoms in total. The van der Waals surface area contributed by atoms with Crippen molar-refractivity contribution in [3.63, 3.8) is 0 Å². The Morgan fingerprint density at radius 3 is 2.77 bits per heavy atom. The summed E-state index contributed by atoms with van der Waals surface area (Å²) in [6.07, 6.45) is 9.24. The van der Waals surface area contributed by atoms with Gasteiger partial charge in [0.25, 0.3) is 0 Å². The number of rotatable bonds is 7. The molecule has 0 radical (unpaired) electrons. The molecule has 0 aliphatic carbocycles. The van der Waals surface area contributed by atoms with Crippen LogP contribution >= 0.6 is 11.8 Å². The first-order valence-electron chi connectivity index (χ1n) is 10.8. The number of amides is 1. The van der Waals surface area contributed by atoms with E-state index in [4.69, 9.17) is 0 Å². The first kappa shape index (κ1) is 21.4. The van der Waals surface area contributed by atoms with E-state index in [-0.39, 0.29) is 5.91 Å². The number of aromatic nitrogens is 3. The number of carbonyl (C=O) groups is 1. The van der Waals surface area contributed by atoms with Crippen molar-refractivity contribution in [3.05, 3.63) is 65.6 Å². The fourth-order valence-corrected chi connectivity index (χ4v) is 4.69. The van der Waals surface area contributed by atoms with Gasteiger partial charge in [-0.2, -0.15) is 0 Å². The topological polar surface area (TPSA) is 63.1 Å². The lowest BCUT2D eigenvalue weighted by atomic mass is 10.1. The third kappa shape index (κ3) is 5.28. The van der Waals surface area contributed by atoms with E-state index in [1.165, 1.54) is 42.2 Å². The summed E-state index contributed by atoms with van der Waals surface area (Å²) in [6.45, 7) is 6.73. The average Bonchev–Trinajstić information content (AvgIpc) is 3.27. The maximum atomic E-state index is 12.6. The predicted molar refractivity (Wildman–Crippen MR) is 126 cm³/mol. The zero-order chi connectivity index (χ0) is 21.6. The van der Waals surface area contributed by atoms with Gasteiger partial charge in [0.15, 0.2) is 5.16 Å². The molecule has 1 aliphatic rings. The number of anilines is 1. The Labute approximate surface area is 188 Å². The molecule has 0 bridgehead atoms. The number of piperidine rings is 1. The molecule has 0 spiro atoms. The quantitative estimate of drug-likeness (QED) is 0.561. The average molecular weight is 436 g/mol. The summed E-state index contributed by atoms with van der Waals surface area (Å²) in [5.74, 6) is 1.32. The normalized spacial score (nSPS) is 13.9. The van der Waals surface area contributed by atoms with E-state index in [0.717, 1.165) is 35.3 Å². The highest BCUT2D eigenvalue weighted by molar-refractivity contribution is 7.99. The first-order chi connectivity index (χ1) is 15.1. The Hall–Kier alpha value is -2.80. The summed E-state index contributed by atoms with van der Waals surface area (Å²) in [7, 11) is 0. The summed E-state index contributed by atoms with van der Waals surface area (Å²) in [4.78, 5) is 23.9. The molecule has 1 aromatic carbocycles. The lowest BCUT2D eigenvalue weighted by Gasteiger charge is -2.29. The molecule has 0 unspecified atom stereocenters. The van der Waals surface area contributed by atoms with Crippen molar-refractivity contribution < 1.29 is 4.79 Å². The van der Waals surface area contributed by atoms with Crippen molar-refractivity contribution in [1.29, 1.82) is 0 Å². The summed E-state index contributed by atoms with van der Waals surface area (Å²) in [6, 6.07) is 10.3. The van der Waals surface area contributed by atoms with Crippen LogP contribution in [-0.2, 0) is 11.3 Å². The first-order valence-corrected chi connectivity index (χ1v) is 11.8. The van der Waals surface area contributed by atoms with Gasteiger partial charge in [0.1, 0.15) is 5.82 Å². The SMILES string of the molecule is Cc1ccc(C)c(-n2ccnc2SCC(=O)NCc2cccnc2N2CCCCC2)c1. The zero-order valence-electron chi connectivity index (χ0n) is 18.2. The highest BCUT2D eigenvalue weighted by Crippen LogP contribution is 2.24. The molecule has 162 valence electrons. The van der Waals surface area contributed by atoms with Crippen molar-refractivity contribution in [2.45, 2.75) is 44.8 Å². The van der Waals surface area contributed by atoms with Crippen molar-refractivity contribution in [2.75, 3.05) is 23.7 Å². The van der Waals surface area contributed by atoms with Gasteiger partial charge >= 0.3 is 0 Å². The van der Waals surface area contributed by atoms with Crippen molar-refractivity contribution >= 4 is 23.5 Å². The minimum Gasteiger partial charge on any atom is -0.356 e. The molecule has 1 aliphatic heterocycles. The summed E-state index contributed by atoms with van der Waals surface area (Å²) < 4.78 is 2.05. The molecule has 0 atom stereocenters. The largest absolute Gasteiger partial charge is 0.356 e. The molecule has 0 saturated carbocycles. The van der Waals surface area contributed by atoms with Crippen LogP contribution in [0.5, 0.6) is 0 Å². The lowest BCUT2D eigenvalue weighted by molar-refractivity contribution is -0.118. The molecule has 1 saturated heterocycles. The molecular formula is C24H29N5OS. The van der Waals surface area contributed by atoms with E-state index in [1.54, 1.807) is 6.20 Å². The van der Waals surface area contributed by atoms with Crippen LogP contribution in [0.1, 0.15) is 36.0 Å². The standard InChI is InChI=1S/C24H29N5OS/c1-18-8-9-19(2)21(15-18)29-14-11-26-24(29)31-17-22(30)27-16-20-7-6-10-25-23(20)28-12-4-3-5-13-28/h6-11,14-15H,3-5,12-13,16-17H2,1-2H3,(H,27,30). The number of thioether (sulfide) groups is 1. The van der Waals surface area contributed by atoms with Crippen molar-refractivity contribution in [1.82, 2.24) is 19.9 Å². The van der Waals surface area contributed by atoms with Crippen molar-refractivity contribution in [3.8, 4) is 5.69 Å². The van der Waals surface area contributed by atoms with Crippen LogP contribution in [0.2, 0.25) is 0 Å². The van der Waals surface area contributed by atoms with E-state index in [0.29, 0.717) is 12.3 Å². The number of nitrogens with one attached hydrogen (secondary N) is 1. The van der Waals surface area contributed by atoms with Gasteiger partial charge in [0.2, 0.25) is 5.91 Å². The van der Waals surface area contributed by atoms with Crippen LogP contribution in [0.15, 0.2) is 54.1 Å². The van der Waals surface area contributed by atoms with E-state index < -0.39 is 0 Å². The molecule has 3 heterocycles. The van der Waals surface area contributed by atoms with Crippen LogP contribution < -0.4 is 10.2 Å².